The van der Waals surface area contributed by atoms with Crippen LogP contribution in [-0.4, -0.2) is 33.9 Å². The highest BCUT2D eigenvalue weighted by molar-refractivity contribution is 7.13. The summed E-state index contributed by atoms with van der Waals surface area (Å²) >= 11 is 1.56. The first-order valence-electron chi connectivity index (χ1n) is 7.30. The molecule has 116 valence electrons. The molecule has 0 bridgehead atoms. The smallest absolute Gasteiger partial charge is 0.231 e. The van der Waals surface area contributed by atoms with Crippen LogP contribution >= 0.6 is 11.3 Å². The molecular formula is C15H19N5OS. The van der Waals surface area contributed by atoms with Crippen LogP contribution in [0.2, 0.25) is 0 Å². The topological polar surface area (TPSA) is 84.1 Å². The molecule has 0 spiro atoms. The number of anilines is 2. The summed E-state index contributed by atoms with van der Waals surface area (Å²) in [6.07, 6.45) is 2.06. The molecule has 3 rings (SSSR count). The first-order chi connectivity index (χ1) is 10.6. The minimum absolute atomic E-state index is 0.160. The van der Waals surface area contributed by atoms with Gasteiger partial charge in [0.25, 0.3) is 0 Å². The van der Waals surface area contributed by atoms with Crippen LogP contribution in [0.15, 0.2) is 23.6 Å². The maximum atomic E-state index is 11.2. The molecule has 1 aliphatic heterocycles. The molecule has 1 saturated heterocycles. The lowest BCUT2D eigenvalue weighted by Gasteiger charge is -2.22. The quantitative estimate of drug-likeness (QED) is 0.883. The number of nitrogens with zero attached hydrogens (tertiary/aromatic N) is 3. The molecule has 2 aromatic heterocycles. The molecule has 22 heavy (non-hydrogen) atoms. The molecule has 2 aromatic rings. The van der Waals surface area contributed by atoms with Gasteiger partial charge < -0.3 is 11.1 Å². The lowest BCUT2D eigenvalue weighted by atomic mass is 10.1. The van der Waals surface area contributed by atoms with Crippen molar-refractivity contribution in [3.8, 4) is 0 Å². The molecule has 7 heteroatoms. The number of primary amides is 1. The van der Waals surface area contributed by atoms with Crippen LogP contribution in [0, 0.1) is 6.92 Å². The molecule has 3 heterocycles. The Morgan fingerprint density at radius 2 is 2.36 bits per heavy atom. The molecule has 0 saturated carbocycles. The summed E-state index contributed by atoms with van der Waals surface area (Å²) in [5, 5.41) is 6.06. The summed E-state index contributed by atoms with van der Waals surface area (Å²) in [6, 6.07) is 6.06. The minimum atomic E-state index is -0.292. The molecule has 1 atom stereocenters. The van der Waals surface area contributed by atoms with Crippen LogP contribution in [0.4, 0.5) is 10.9 Å². The van der Waals surface area contributed by atoms with E-state index in [-0.39, 0.29) is 18.5 Å². The standard InChI is InChI=1S/C15H19N5OS/c1-10-9-22-15(17-10)19-14-6-2-4-11(18-14)12-5-3-7-20(12)8-13(16)21/h2,4,6,9,12H,3,5,7-8H2,1H3,(H2,16,21)(H,17,18,19)/t12-/m0/s1. The zero-order chi connectivity index (χ0) is 15.5. The maximum absolute atomic E-state index is 11.2. The summed E-state index contributed by atoms with van der Waals surface area (Å²) in [7, 11) is 0. The normalized spacial score (nSPS) is 18.5. The van der Waals surface area contributed by atoms with Gasteiger partial charge in [0.2, 0.25) is 5.91 Å². The summed E-state index contributed by atoms with van der Waals surface area (Å²) in [6.45, 7) is 3.14. The average Bonchev–Trinajstić information content (AvgIpc) is 3.08. The minimum Gasteiger partial charge on any atom is -0.369 e. The largest absolute Gasteiger partial charge is 0.369 e. The number of pyridine rings is 1. The van der Waals surface area contributed by atoms with Crippen molar-refractivity contribution < 1.29 is 4.79 Å². The second-order valence-electron chi connectivity index (χ2n) is 5.46. The molecule has 1 amide bonds. The van der Waals surface area contributed by atoms with Crippen LogP contribution in [0.1, 0.15) is 30.3 Å². The van der Waals surface area contributed by atoms with Crippen LogP contribution in [-0.2, 0) is 4.79 Å². The van der Waals surface area contributed by atoms with Gasteiger partial charge in [-0.05, 0) is 38.4 Å². The number of aromatic nitrogens is 2. The number of nitrogens with two attached hydrogens (primary N) is 1. The number of hydrogen-bond acceptors (Lipinski definition) is 6. The van der Waals surface area contributed by atoms with E-state index < -0.39 is 0 Å². The highest BCUT2D eigenvalue weighted by Crippen LogP contribution is 2.31. The first kappa shape index (κ1) is 14.9. The highest BCUT2D eigenvalue weighted by Gasteiger charge is 2.28. The predicted molar refractivity (Wildman–Crippen MR) is 87.1 cm³/mol. The lowest BCUT2D eigenvalue weighted by molar-refractivity contribution is -0.119. The van der Waals surface area contributed by atoms with Crippen molar-refractivity contribution in [2.45, 2.75) is 25.8 Å². The van der Waals surface area contributed by atoms with E-state index in [4.69, 9.17) is 5.73 Å². The van der Waals surface area contributed by atoms with E-state index in [0.717, 1.165) is 41.7 Å². The fraction of sp³-hybridized carbons (Fsp3) is 0.400. The third-order valence-corrected chi connectivity index (χ3v) is 4.56. The third-order valence-electron chi connectivity index (χ3n) is 3.69. The number of hydrogen-bond donors (Lipinski definition) is 2. The van der Waals surface area contributed by atoms with E-state index in [2.05, 4.69) is 20.2 Å². The van der Waals surface area contributed by atoms with Gasteiger partial charge >= 0.3 is 0 Å². The van der Waals surface area contributed by atoms with Gasteiger partial charge in [-0.3, -0.25) is 9.69 Å². The number of thiazole rings is 1. The number of carbonyl (C=O) groups excluding carboxylic acids is 1. The Balaban J connectivity index is 1.77. The van der Waals surface area contributed by atoms with Gasteiger partial charge in [0, 0.05) is 5.38 Å². The Morgan fingerprint density at radius 3 is 3.09 bits per heavy atom. The van der Waals surface area contributed by atoms with E-state index >= 15 is 0 Å². The number of rotatable bonds is 5. The SMILES string of the molecule is Cc1csc(Nc2cccc([C@@H]3CCCN3CC(N)=O)n2)n1. The number of carbonyl (C=O) groups is 1. The molecule has 6 nitrogen and oxygen atoms in total. The number of aryl methyl sites for hydroxylation is 1. The Morgan fingerprint density at radius 1 is 1.50 bits per heavy atom. The molecule has 0 aromatic carbocycles. The molecular weight excluding hydrogens is 298 g/mol. The van der Waals surface area contributed by atoms with Crippen LogP contribution < -0.4 is 11.1 Å². The fourth-order valence-electron chi connectivity index (χ4n) is 2.78. The van der Waals surface area contributed by atoms with Crippen LogP contribution in [0.25, 0.3) is 0 Å². The zero-order valence-corrected chi connectivity index (χ0v) is 13.3. The van der Waals surface area contributed by atoms with Gasteiger partial charge in [0.05, 0.1) is 24.0 Å². The number of likely N-dealkylation sites (tertiary alicyclic amines) is 1. The van der Waals surface area contributed by atoms with Crippen LogP contribution in [0.5, 0.6) is 0 Å². The van der Waals surface area contributed by atoms with Gasteiger partial charge in [-0.15, -0.1) is 11.3 Å². The van der Waals surface area contributed by atoms with Crippen molar-refractivity contribution in [2.75, 3.05) is 18.4 Å². The molecule has 3 N–H and O–H groups in total. The molecule has 0 unspecified atom stereocenters. The average molecular weight is 317 g/mol. The third kappa shape index (κ3) is 3.42. The van der Waals surface area contributed by atoms with Crippen molar-refractivity contribution >= 4 is 28.2 Å². The number of nitrogens with one attached hydrogen (secondary N) is 1. The van der Waals surface area contributed by atoms with E-state index in [9.17, 15) is 4.79 Å². The summed E-state index contributed by atoms with van der Waals surface area (Å²) in [5.41, 5.74) is 7.29. The summed E-state index contributed by atoms with van der Waals surface area (Å²) in [5.74, 6) is 0.484. The van der Waals surface area contributed by atoms with Crippen molar-refractivity contribution in [3.63, 3.8) is 0 Å². The Labute approximate surface area is 133 Å². The van der Waals surface area contributed by atoms with Gasteiger partial charge in [-0.25, -0.2) is 9.97 Å². The van der Waals surface area contributed by atoms with E-state index in [1.807, 2.05) is 30.5 Å². The Hall–Kier alpha value is -1.99. The molecule has 1 fully saturated rings. The molecule has 0 aliphatic carbocycles. The van der Waals surface area contributed by atoms with Crippen LogP contribution in [0.3, 0.4) is 0 Å². The second kappa shape index (κ2) is 6.41. The summed E-state index contributed by atoms with van der Waals surface area (Å²) in [4.78, 5) is 22.3. The lowest BCUT2D eigenvalue weighted by Crippen LogP contribution is -2.33. The zero-order valence-electron chi connectivity index (χ0n) is 12.5. The van der Waals surface area contributed by atoms with E-state index in [1.54, 1.807) is 11.3 Å². The predicted octanol–water partition coefficient (Wildman–Crippen LogP) is 2.21. The van der Waals surface area contributed by atoms with Crippen molar-refractivity contribution in [1.82, 2.24) is 14.9 Å². The van der Waals surface area contributed by atoms with Gasteiger partial charge in [-0.2, -0.15) is 0 Å². The van der Waals surface area contributed by atoms with Crippen molar-refractivity contribution in [2.24, 2.45) is 5.73 Å². The fourth-order valence-corrected chi connectivity index (χ4v) is 3.47. The van der Waals surface area contributed by atoms with Crippen molar-refractivity contribution in [1.29, 1.82) is 0 Å². The number of amides is 1. The Kier molecular flexibility index (Phi) is 4.35. The highest BCUT2D eigenvalue weighted by atomic mass is 32.1. The van der Waals surface area contributed by atoms with Gasteiger partial charge in [0.15, 0.2) is 5.13 Å². The van der Waals surface area contributed by atoms with E-state index in [1.165, 1.54) is 0 Å². The summed E-state index contributed by atoms with van der Waals surface area (Å²) < 4.78 is 0. The monoisotopic (exact) mass is 317 g/mol. The van der Waals surface area contributed by atoms with E-state index in [0.29, 0.717) is 0 Å². The first-order valence-corrected chi connectivity index (χ1v) is 8.18. The second-order valence-corrected chi connectivity index (χ2v) is 6.32. The van der Waals surface area contributed by atoms with Crippen molar-refractivity contribution in [3.05, 3.63) is 35.0 Å². The maximum Gasteiger partial charge on any atom is 0.231 e. The van der Waals surface area contributed by atoms with Gasteiger partial charge in [0.1, 0.15) is 5.82 Å². The Bertz CT molecular complexity index is 671. The molecule has 0 radical (unpaired) electrons. The van der Waals surface area contributed by atoms with Gasteiger partial charge in [-0.1, -0.05) is 6.07 Å². The molecule has 1 aliphatic rings.